The van der Waals surface area contributed by atoms with Crippen molar-refractivity contribution in [3.05, 3.63) is 67.6 Å². The van der Waals surface area contributed by atoms with E-state index in [1.807, 2.05) is 0 Å². The van der Waals surface area contributed by atoms with Crippen molar-refractivity contribution < 1.29 is 19.2 Å². The third-order valence-electron chi connectivity index (χ3n) is 4.31. The number of anilines is 1. The number of nitro benzene ring substituents is 1. The summed E-state index contributed by atoms with van der Waals surface area (Å²) in [5.41, 5.74) is 0.347. The number of carbonyl (C=O) groups is 2. The normalized spacial score (nSPS) is 14.3. The molecular weight excluding hydrogens is 440 g/mol. The Morgan fingerprint density at radius 3 is 2.44 bits per heavy atom. The van der Waals surface area contributed by atoms with Crippen molar-refractivity contribution in [3.63, 3.8) is 0 Å². The molecule has 2 aromatic rings. The van der Waals surface area contributed by atoms with Gasteiger partial charge in [-0.1, -0.05) is 23.7 Å². The van der Waals surface area contributed by atoms with Crippen LogP contribution >= 0.6 is 27.5 Å². The monoisotopic (exact) mass is 452 g/mol. The number of nitro groups is 1. The van der Waals surface area contributed by atoms with Gasteiger partial charge in [0.2, 0.25) is 0 Å². The van der Waals surface area contributed by atoms with E-state index < -0.39 is 28.8 Å². The fourth-order valence-corrected chi connectivity index (χ4v) is 3.27. The molecule has 7 nitrogen and oxygen atoms in total. The molecule has 0 radical (unpaired) electrons. The lowest BCUT2D eigenvalue weighted by molar-refractivity contribution is -0.384. The summed E-state index contributed by atoms with van der Waals surface area (Å²) in [6.45, 7) is -0.447. The van der Waals surface area contributed by atoms with Gasteiger partial charge in [-0.2, -0.15) is 0 Å². The van der Waals surface area contributed by atoms with Crippen molar-refractivity contribution in [3.8, 4) is 0 Å². The third-order valence-corrected chi connectivity index (χ3v) is 5.22. The van der Waals surface area contributed by atoms with E-state index in [1.54, 1.807) is 24.3 Å². The highest BCUT2D eigenvalue weighted by molar-refractivity contribution is 9.10. The lowest BCUT2D eigenvalue weighted by Crippen LogP contribution is -2.28. The summed E-state index contributed by atoms with van der Waals surface area (Å²) in [6, 6.07) is 10.9. The first-order valence-electron chi connectivity index (χ1n) is 7.99. The molecule has 0 bridgehead atoms. The third kappa shape index (κ3) is 4.28. The van der Waals surface area contributed by atoms with E-state index in [0.717, 1.165) is 5.56 Å². The van der Waals surface area contributed by atoms with Crippen LogP contribution < -0.4 is 5.32 Å². The van der Waals surface area contributed by atoms with E-state index >= 15 is 0 Å². The number of ether oxygens (including phenoxy) is 1. The molecule has 0 heterocycles. The largest absolute Gasteiger partial charge is 0.455 e. The van der Waals surface area contributed by atoms with Crippen LogP contribution in [-0.4, -0.2) is 23.4 Å². The number of rotatable bonds is 6. The molecule has 0 aromatic heterocycles. The number of nitrogens with one attached hydrogen (secondary N) is 1. The van der Waals surface area contributed by atoms with Gasteiger partial charge in [-0.25, -0.2) is 0 Å². The molecule has 1 fully saturated rings. The number of esters is 1. The van der Waals surface area contributed by atoms with Gasteiger partial charge in [0, 0.05) is 21.6 Å². The summed E-state index contributed by atoms with van der Waals surface area (Å²) in [5, 5.41) is 13.9. The highest BCUT2D eigenvalue weighted by Gasteiger charge is 2.52. The Bertz CT molecular complexity index is 912. The van der Waals surface area contributed by atoms with Crippen LogP contribution in [0.1, 0.15) is 18.4 Å². The summed E-state index contributed by atoms with van der Waals surface area (Å²) in [5.74, 6) is -0.993. The van der Waals surface area contributed by atoms with Crippen LogP contribution in [0.5, 0.6) is 0 Å². The Kier molecular flexibility index (Phi) is 5.48. The maximum Gasteiger partial charge on any atom is 0.317 e. The Hall–Kier alpha value is -2.45. The molecule has 1 aliphatic rings. The van der Waals surface area contributed by atoms with E-state index in [0.29, 0.717) is 28.0 Å². The van der Waals surface area contributed by atoms with Crippen molar-refractivity contribution in [1.29, 1.82) is 0 Å². The summed E-state index contributed by atoms with van der Waals surface area (Å²) >= 11 is 9.04. The number of non-ortho nitro benzene ring substituents is 1. The van der Waals surface area contributed by atoms with E-state index in [-0.39, 0.29) is 5.69 Å². The molecule has 1 amide bonds. The highest BCUT2D eigenvalue weighted by Crippen LogP contribution is 2.49. The molecular formula is C18H14BrClN2O5. The van der Waals surface area contributed by atoms with Gasteiger partial charge in [0.15, 0.2) is 6.61 Å². The zero-order valence-corrected chi connectivity index (χ0v) is 16.2. The van der Waals surface area contributed by atoms with E-state index in [2.05, 4.69) is 21.2 Å². The van der Waals surface area contributed by atoms with Crippen molar-refractivity contribution in [2.45, 2.75) is 18.3 Å². The first-order chi connectivity index (χ1) is 12.8. The molecule has 140 valence electrons. The predicted octanol–water partition coefficient (Wildman–Crippen LogP) is 4.22. The van der Waals surface area contributed by atoms with Crippen molar-refractivity contribution in [1.82, 2.24) is 0 Å². The number of hydrogen-bond acceptors (Lipinski definition) is 5. The molecule has 1 saturated carbocycles. The van der Waals surface area contributed by atoms with Gasteiger partial charge < -0.3 is 10.1 Å². The van der Waals surface area contributed by atoms with Gasteiger partial charge in [0.1, 0.15) is 0 Å². The van der Waals surface area contributed by atoms with Crippen LogP contribution in [0.3, 0.4) is 0 Å². The Labute approximate surface area is 167 Å². The topological polar surface area (TPSA) is 98.5 Å². The summed E-state index contributed by atoms with van der Waals surface area (Å²) in [4.78, 5) is 34.7. The minimum atomic E-state index is -0.710. The van der Waals surface area contributed by atoms with Gasteiger partial charge in [-0.3, -0.25) is 19.7 Å². The second-order valence-electron chi connectivity index (χ2n) is 6.13. The SMILES string of the molecule is O=C(COC(=O)C1(c2ccc(Cl)cc2)CC1)Nc1ccc([N+](=O)[O-])cc1Br. The van der Waals surface area contributed by atoms with E-state index in [1.165, 1.54) is 18.2 Å². The van der Waals surface area contributed by atoms with Crippen LogP contribution in [0, 0.1) is 10.1 Å². The zero-order valence-electron chi connectivity index (χ0n) is 13.9. The molecule has 0 atom stereocenters. The summed E-state index contributed by atoms with van der Waals surface area (Å²) < 4.78 is 5.54. The van der Waals surface area contributed by atoms with Crippen LogP contribution in [0.15, 0.2) is 46.9 Å². The van der Waals surface area contributed by atoms with E-state index in [4.69, 9.17) is 16.3 Å². The van der Waals surface area contributed by atoms with Crippen molar-refractivity contribution in [2.75, 3.05) is 11.9 Å². The second-order valence-corrected chi connectivity index (χ2v) is 7.43. The molecule has 0 spiro atoms. The van der Waals surface area contributed by atoms with Gasteiger partial charge in [0.05, 0.1) is 16.0 Å². The number of hydrogen-bond donors (Lipinski definition) is 1. The lowest BCUT2D eigenvalue weighted by atomic mass is 9.96. The fraction of sp³-hybridized carbons (Fsp3) is 0.222. The number of benzene rings is 2. The number of carbonyl (C=O) groups excluding carboxylic acids is 2. The summed E-state index contributed by atoms with van der Waals surface area (Å²) in [6.07, 6.45) is 1.31. The second kappa shape index (κ2) is 7.66. The quantitative estimate of drug-likeness (QED) is 0.401. The van der Waals surface area contributed by atoms with Crippen LogP contribution in [0.2, 0.25) is 5.02 Å². The average Bonchev–Trinajstić information content (AvgIpc) is 3.44. The van der Waals surface area contributed by atoms with Crippen LogP contribution in [0.4, 0.5) is 11.4 Å². The summed E-state index contributed by atoms with van der Waals surface area (Å²) in [7, 11) is 0. The average molecular weight is 454 g/mol. The zero-order chi connectivity index (χ0) is 19.6. The molecule has 1 aliphatic carbocycles. The lowest BCUT2D eigenvalue weighted by Gasteiger charge is -2.15. The smallest absolute Gasteiger partial charge is 0.317 e. The van der Waals surface area contributed by atoms with E-state index in [9.17, 15) is 19.7 Å². The molecule has 0 saturated heterocycles. The predicted molar refractivity (Wildman–Crippen MR) is 103 cm³/mol. The van der Waals surface area contributed by atoms with Gasteiger partial charge in [-0.05, 0) is 52.5 Å². The van der Waals surface area contributed by atoms with Crippen molar-refractivity contribution in [2.24, 2.45) is 0 Å². The molecule has 9 heteroatoms. The van der Waals surface area contributed by atoms with Gasteiger partial charge in [-0.15, -0.1) is 0 Å². The molecule has 0 aliphatic heterocycles. The minimum absolute atomic E-state index is 0.107. The number of halogens is 2. The van der Waals surface area contributed by atoms with Gasteiger partial charge in [0.25, 0.3) is 11.6 Å². The Balaban J connectivity index is 1.58. The standard InChI is InChI=1S/C18H14BrClN2O5/c19-14-9-13(22(25)26)5-6-15(14)21-16(23)10-27-17(24)18(7-8-18)11-1-3-12(20)4-2-11/h1-6,9H,7-8,10H2,(H,21,23). The Morgan fingerprint density at radius 2 is 1.89 bits per heavy atom. The number of nitrogens with zero attached hydrogens (tertiary/aromatic N) is 1. The van der Waals surface area contributed by atoms with Crippen LogP contribution in [0.25, 0.3) is 0 Å². The minimum Gasteiger partial charge on any atom is -0.455 e. The molecule has 3 rings (SSSR count). The molecule has 0 unspecified atom stereocenters. The van der Waals surface area contributed by atoms with Crippen LogP contribution in [-0.2, 0) is 19.7 Å². The maximum atomic E-state index is 12.4. The fourth-order valence-electron chi connectivity index (χ4n) is 2.68. The molecule has 27 heavy (non-hydrogen) atoms. The Morgan fingerprint density at radius 1 is 1.22 bits per heavy atom. The van der Waals surface area contributed by atoms with Crippen molar-refractivity contribution >= 4 is 50.8 Å². The molecule has 1 N–H and O–H groups in total. The highest BCUT2D eigenvalue weighted by atomic mass is 79.9. The first kappa shape index (κ1) is 19.3. The van der Waals surface area contributed by atoms with Gasteiger partial charge >= 0.3 is 5.97 Å². The first-order valence-corrected chi connectivity index (χ1v) is 9.16. The molecule has 2 aromatic carbocycles. The number of amides is 1. The maximum absolute atomic E-state index is 12.4.